The highest BCUT2D eigenvalue weighted by molar-refractivity contribution is 5.56. The topological polar surface area (TPSA) is 33.1 Å². The van der Waals surface area contributed by atoms with Crippen molar-refractivity contribution in [3.8, 4) is 0 Å². The van der Waals surface area contributed by atoms with E-state index in [4.69, 9.17) is 0 Å². The fourth-order valence-electron chi connectivity index (χ4n) is 2.71. The van der Waals surface area contributed by atoms with Crippen molar-refractivity contribution in [2.75, 3.05) is 23.3 Å². The molecule has 21 heavy (non-hydrogen) atoms. The molecule has 1 fully saturated rings. The lowest BCUT2D eigenvalue weighted by molar-refractivity contribution is 0.623. The molecule has 2 heterocycles. The zero-order valence-electron chi connectivity index (χ0n) is 12.3. The number of nitrogens with one attached hydrogen (secondary N) is 1. The molecule has 5 heteroatoms. The third kappa shape index (κ3) is 3.17. The summed E-state index contributed by atoms with van der Waals surface area (Å²) in [4.78, 5) is 2.12. The predicted molar refractivity (Wildman–Crippen MR) is 83.1 cm³/mol. The molecular weight excluding hydrogens is 267 g/mol. The number of benzene rings is 1. The highest BCUT2D eigenvalue weighted by atomic mass is 19.1. The minimum Gasteiger partial charge on any atom is -0.381 e. The average Bonchev–Trinajstić information content (AvgIpc) is 3.16. The van der Waals surface area contributed by atoms with Crippen LogP contribution in [0.4, 0.5) is 15.8 Å². The van der Waals surface area contributed by atoms with Gasteiger partial charge < -0.3 is 10.2 Å². The van der Waals surface area contributed by atoms with Gasteiger partial charge >= 0.3 is 0 Å². The van der Waals surface area contributed by atoms with Gasteiger partial charge in [-0.05, 0) is 38.0 Å². The van der Waals surface area contributed by atoms with E-state index in [1.165, 1.54) is 0 Å². The first-order chi connectivity index (χ1) is 10.3. The lowest BCUT2D eigenvalue weighted by Crippen LogP contribution is -2.18. The molecule has 0 bridgehead atoms. The molecule has 0 atom stereocenters. The molecule has 0 amide bonds. The van der Waals surface area contributed by atoms with Gasteiger partial charge in [0, 0.05) is 43.6 Å². The van der Waals surface area contributed by atoms with Gasteiger partial charge in [-0.25, -0.2) is 4.39 Å². The third-order valence-electron chi connectivity index (χ3n) is 3.90. The molecule has 1 aromatic carbocycles. The van der Waals surface area contributed by atoms with Crippen molar-refractivity contribution in [2.45, 2.75) is 32.9 Å². The van der Waals surface area contributed by atoms with Gasteiger partial charge in [0.1, 0.15) is 5.82 Å². The van der Waals surface area contributed by atoms with E-state index >= 15 is 0 Å². The summed E-state index contributed by atoms with van der Waals surface area (Å²) >= 11 is 0. The van der Waals surface area contributed by atoms with Crippen LogP contribution in [0.25, 0.3) is 0 Å². The lowest BCUT2D eigenvalue weighted by atomic mass is 10.2. The Morgan fingerprint density at radius 2 is 2.10 bits per heavy atom. The Balaban J connectivity index is 1.64. The fourth-order valence-corrected chi connectivity index (χ4v) is 2.71. The summed E-state index contributed by atoms with van der Waals surface area (Å²) in [6, 6.07) is 5.40. The van der Waals surface area contributed by atoms with Crippen LogP contribution >= 0.6 is 0 Å². The molecule has 1 N–H and O–H groups in total. The maximum atomic E-state index is 14.2. The van der Waals surface area contributed by atoms with Gasteiger partial charge in [0.15, 0.2) is 0 Å². The van der Waals surface area contributed by atoms with Crippen molar-refractivity contribution in [1.29, 1.82) is 0 Å². The second-order valence-corrected chi connectivity index (χ2v) is 5.42. The van der Waals surface area contributed by atoms with Gasteiger partial charge in [-0.2, -0.15) is 5.10 Å². The summed E-state index contributed by atoms with van der Waals surface area (Å²) in [5.41, 5.74) is 2.62. The SMILES string of the molecule is CCn1cc(CNc2ccc(N3CCCC3)c(F)c2)cn1. The van der Waals surface area contributed by atoms with E-state index in [1.807, 2.05) is 29.2 Å². The molecule has 0 aliphatic carbocycles. The van der Waals surface area contributed by atoms with Crippen LogP contribution in [0.2, 0.25) is 0 Å². The molecule has 0 saturated carbocycles. The number of hydrogen-bond acceptors (Lipinski definition) is 3. The predicted octanol–water partition coefficient (Wildman–Crippen LogP) is 3.25. The monoisotopic (exact) mass is 288 g/mol. The Hall–Kier alpha value is -2.04. The number of halogens is 1. The van der Waals surface area contributed by atoms with Crippen molar-refractivity contribution in [2.24, 2.45) is 0 Å². The molecule has 4 nitrogen and oxygen atoms in total. The highest BCUT2D eigenvalue weighted by Crippen LogP contribution is 2.26. The molecule has 2 aromatic rings. The smallest absolute Gasteiger partial charge is 0.148 e. The Kier molecular flexibility index (Phi) is 4.08. The summed E-state index contributed by atoms with van der Waals surface area (Å²) in [7, 11) is 0. The van der Waals surface area contributed by atoms with Crippen LogP contribution in [0.5, 0.6) is 0 Å². The largest absolute Gasteiger partial charge is 0.381 e. The first kappa shape index (κ1) is 13.9. The summed E-state index contributed by atoms with van der Waals surface area (Å²) in [6.07, 6.45) is 6.15. The molecule has 112 valence electrons. The summed E-state index contributed by atoms with van der Waals surface area (Å²) in [5.74, 6) is -0.147. The number of aromatic nitrogens is 2. The van der Waals surface area contributed by atoms with Crippen LogP contribution in [-0.4, -0.2) is 22.9 Å². The highest BCUT2D eigenvalue weighted by Gasteiger charge is 2.16. The van der Waals surface area contributed by atoms with Crippen LogP contribution in [0.15, 0.2) is 30.6 Å². The van der Waals surface area contributed by atoms with E-state index in [-0.39, 0.29) is 5.82 Å². The summed E-state index contributed by atoms with van der Waals surface area (Å²) in [5, 5.41) is 7.47. The minimum absolute atomic E-state index is 0.147. The average molecular weight is 288 g/mol. The zero-order valence-corrected chi connectivity index (χ0v) is 12.3. The van der Waals surface area contributed by atoms with E-state index < -0.39 is 0 Å². The van der Waals surface area contributed by atoms with Gasteiger partial charge in [-0.1, -0.05) is 0 Å². The van der Waals surface area contributed by atoms with E-state index in [0.29, 0.717) is 6.54 Å². The zero-order chi connectivity index (χ0) is 14.7. The van der Waals surface area contributed by atoms with Crippen LogP contribution in [0.3, 0.4) is 0 Å². The summed E-state index contributed by atoms with van der Waals surface area (Å²) < 4.78 is 16.1. The van der Waals surface area contributed by atoms with Crippen LogP contribution in [0, 0.1) is 5.82 Å². The number of rotatable bonds is 5. The third-order valence-corrected chi connectivity index (χ3v) is 3.90. The number of hydrogen-bond donors (Lipinski definition) is 1. The molecule has 1 aliphatic heterocycles. The Morgan fingerprint density at radius 1 is 1.29 bits per heavy atom. The number of aryl methyl sites for hydroxylation is 1. The van der Waals surface area contributed by atoms with Gasteiger partial charge in [-0.15, -0.1) is 0 Å². The number of anilines is 2. The second-order valence-electron chi connectivity index (χ2n) is 5.42. The van der Waals surface area contributed by atoms with Crippen molar-refractivity contribution in [3.05, 3.63) is 42.0 Å². The molecule has 0 unspecified atom stereocenters. The second kappa shape index (κ2) is 6.16. The van der Waals surface area contributed by atoms with E-state index in [9.17, 15) is 4.39 Å². The molecule has 1 saturated heterocycles. The minimum atomic E-state index is -0.147. The molecule has 1 aliphatic rings. The van der Waals surface area contributed by atoms with Crippen LogP contribution in [0.1, 0.15) is 25.3 Å². The van der Waals surface area contributed by atoms with Gasteiger partial charge in [-0.3, -0.25) is 4.68 Å². The Labute approximate surface area is 124 Å². The van der Waals surface area contributed by atoms with E-state index in [0.717, 1.165) is 49.4 Å². The van der Waals surface area contributed by atoms with Crippen LogP contribution < -0.4 is 10.2 Å². The molecule has 0 spiro atoms. The lowest BCUT2D eigenvalue weighted by Gasteiger charge is -2.19. The maximum Gasteiger partial charge on any atom is 0.148 e. The standard InChI is InChI=1S/C16H21FN4/c1-2-21-12-13(11-19-21)10-18-14-5-6-16(15(17)9-14)20-7-3-4-8-20/h5-6,9,11-12,18H,2-4,7-8,10H2,1H3. The first-order valence-corrected chi connectivity index (χ1v) is 7.56. The molecular formula is C16H21FN4. The quantitative estimate of drug-likeness (QED) is 0.917. The number of nitrogens with zero attached hydrogens (tertiary/aromatic N) is 3. The van der Waals surface area contributed by atoms with Gasteiger partial charge in [0.25, 0.3) is 0 Å². The van der Waals surface area contributed by atoms with Gasteiger partial charge in [0.2, 0.25) is 0 Å². The van der Waals surface area contributed by atoms with E-state index in [2.05, 4.69) is 22.2 Å². The van der Waals surface area contributed by atoms with Gasteiger partial charge in [0.05, 0.1) is 11.9 Å². The van der Waals surface area contributed by atoms with E-state index in [1.54, 1.807) is 6.07 Å². The van der Waals surface area contributed by atoms with Crippen molar-refractivity contribution in [1.82, 2.24) is 9.78 Å². The van der Waals surface area contributed by atoms with Crippen molar-refractivity contribution >= 4 is 11.4 Å². The van der Waals surface area contributed by atoms with Crippen molar-refractivity contribution in [3.63, 3.8) is 0 Å². The van der Waals surface area contributed by atoms with Crippen LogP contribution in [-0.2, 0) is 13.1 Å². The Bertz CT molecular complexity index is 602. The molecule has 3 rings (SSSR count). The van der Waals surface area contributed by atoms with Crippen molar-refractivity contribution < 1.29 is 4.39 Å². The normalized spacial score (nSPS) is 14.7. The fraction of sp³-hybridized carbons (Fsp3) is 0.438. The first-order valence-electron chi connectivity index (χ1n) is 7.56. The summed E-state index contributed by atoms with van der Waals surface area (Å²) in [6.45, 7) is 5.48. The molecule has 0 radical (unpaired) electrons. The maximum absolute atomic E-state index is 14.2. The molecule has 1 aromatic heterocycles. The Morgan fingerprint density at radius 3 is 2.76 bits per heavy atom.